The number of rotatable bonds is 1. The fourth-order valence-corrected chi connectivity index (χ4v) is 2.47. The van der Waals surface area contributed by atoms with Crippen molar-refractivity contribution in [2.75, 3.05) is 18.0 Å². The molecule has 2 bridgehead atoms. The van der Waals surface area contributed by atoms with Crippen molar-refractivity contribution in [3.63, 3.8) is 0 Å². The predicted octanol–water partition coefficient (Wildman–Crippen LogP) is 0.941. The van der Waals surface area contributed by atoms with Crippen molar-refractivity contribution < 1.29 is 0 Å². The van der Waals surface area contributed by atoms with Crippen molar-refractivity contribution in [1.29, 1.82) is 0 Å². The number of anilines is 1. The largest absolute Gasteiger partial charge is 0.351 e. The number of pyridine rings is 1. The Morgan fingerprint density at radius 3 is 3.00 bits per heavy atom. The van der Waals surface area contributed by atoms with E-state index in [9.17, 15) is 0 Å². The number of aromatic nitrogens is 1. The minimum absolute atomic E-state index is 0.676. The van der Waals surface area contributed by atoms with Crippen LogP contribution in [0.3, 0.4) is 0 Å². The van der Waals surface area contributed by atoms with Gasteiger partial charge in [-0.15, -0.1) is 0 Å². The van der Waals surface area contributed by atoms with Crippen molar-refractivity contribution in [2.45, 2.75) is 25.4 Å². The maximum atomic E-state index is 4.48. The fraction of sp³-hybridized carbons (Fsp3) is 0.545. The summed E-state index contributed by atoms with van der Waals surface area (Å²) in [6.07, 6.45) is 3.24. The molecule has 1 N–H and O–H groups in total. The maximum Gasteiger partial charge on any atom is 0.128 e. The second-order valence-corrected chi connectivity index (χ2v) is 4.34. The molecule has 2 fully saturated rings. The molecular formula is C11H15N3. The van der Waals surface area contributed by atoms with Crippen LogP contribution in [0.1, 0.15) is 12.0 Å². The first-order valence-electron chi connectivity index (χ1n) is 5.25. The third-order valence-corrected chi connectivity index (χ3v) is 3.25. The number of aryl methyl sites for hydroxylation is 1. The van der Waals surface area contributed by atoms with Gasteiger partial charge in [-0.3, -0.25) is 0 Å². The Balaban J connectivity index is 1.86. The SMILES string of the molecule is Cc1ccc(N2CC3CC2CN3)nc1. The van der Waals surface area contributed by atoms with Gasteiger partial charge in [-0.2, -0.15) is 0 Å². The molecule has 0 aliphatic carbocycles. The van der Waals surface area contributed by atoms with E-state index in [1.807, 2.05) is 6.20 Å². The Morgan fingerprint density at radius 2 is 2.43 bits per heavy atom. The van der Waals surface area contributed by atoms with Crippen LogP contribution in [-0.4, -0.2) is 30.2 Å². The van der Waals surface area contributed by atoms with Crippen molar-refractivity contribution in [3.8, 4) is 0 Å². The van der Waals surface area contributed by atoms with Crippen molar-refractivity contribution in [2.24, 2.45) is 0 Å². The second-order valence-electron chi connectivity index (χ2n) is 4.34. The average Bonchev–Trinajstić information content (AvgIpc) is 2.80. The number of fused-ring (bicyclic) bond motifs is 2. The first kappa shape index (κ1) is 8.24. The van der Waals surface area contributed by atoms with Gasteiger partial charge in [-0.1, -0.05) is 6.07 Å². The molecule has 0 radical (unpaired) electrons. The van der Waals surface area contributed by atoms with Crippen LogP contribution in [0, 0.1) is 6.92 Å². The summed E-state index contributed by atoms with van der Waals surface area (Å²) < 4.78 is 0. The van der Waals surface area contributed by atoms with Gasteiger partial charge in [-0.05, 0) is 25.0 Å². The molecule has 0 aromatic carbocycles. The molecule has 3 nitrogen and oxygen atoms in total. The smallest absolute Gasteiger partial charge is 0.128 e. The standard InChI is InChI=1S/C11H15N3/c1-8-2-3-11(13-5-8)14-7-9-4-10(14)6-12-9/h2-3,5,9-10,12H,4,6-7H2,1H3. The van der Waals surface area contributed by atoms with Crippen LogP contribution in [0.4, 0.5) is 5.82 Å². The molecular weight excluding hydrogens is 174 g/mol. The molecule has 3 heteroatoms. The first-order chi connectivity index (χ1) is 6.83. The lowest BCUT2D eigenvalue weighted by Crippen LogP contribution is -2.43. The Bertz CT molecular complexity index is 333. The van der Waals surface area contributed by atoms with E-state index in [0.29, 0.717) is 12.1 Å². The van der Waals surface area contributed by atoms with Gasteiger partial charge >= 0.3 is 0 Å². The molecule has 2 unspecified atom stereocenters. The van der Waals surface area contributed by atoms with E-state index in [0.717, 1.165) is 18.9 Å². The fourth-order valence-electron chi connectivity index (χ4n) is 2.47. The van der Waals surface area contributed by atoms with Gasteiger partial charge in [0.05, 0.1) is 0 Å². The average molecular weight is 189 g/mol. The van der Waals surface area contributed by atoms with E-state index in [1.165, 1.54) is 12.0 Å². The van der Waals surface area contributed by atoms with Gasteiger partial charge in [0.1, 0.15) is 5.82 Å². The van der Waals surface area contributed by atoms with E-state index >= 15 is 0 Å². The molecule has 2 atom stereocenters. The van der Waals surface area contributed by atoms with Crippen molar-refractivity contribution in [3.05, 3.63) is 23.9 Å². The van der Waals surface area contributed by atoms with E-state index in [4.69, 9.17) is 0 Å². The maximum absolute atomic E-state index is 4.48. The third-order valence-electron chi connectivity index (χ3n) is 3.25. The highest BCUT2D eigenvalue weighted by molar-refractivity contribution is 5.43. The van der Waals surface area contributed by atoms with Gasteiger partial charge in [0, 0.05) is 31.4 Å². The molecule has 3 rings (SSSR count). The zero-order valence-electron chi connectivity index (χ0n) is 8.40. The summed E-state index contributed by atoms with van der Waals surface area (Å²) in [5, 5.41) is 3.50. The van der Waals surface area contributed by atoms with E-state index in [1.54, 1.807) is 0 Å². The van der Waals surface area contributed by atoms with E-state index in [2.05, 4.69) is 34.3 Å². The highest BCUT2D eigenvalue weighted by atomic mass is 15.3. The van der Waals surface area contributed by atoms with Gasteiger partial charge in [0.2, 0.25) is 0 Å². The summed E-state index contributed by atoms with van der Waals surface area (Å²) in [6, 6.07) is 5.65. The van der Waals surface area contributed by atoms with Gasteiger partial charge < -0.3 is 10.2 Å². The highest BCUT2D eigenvalue weighted by Crippen LogP contribution is 2.27. The Labute approximate surface area is 84.1 Å². The number of piperazine rings is 1. The summed E-state index contributed by atoms with van der Waals surface area (Å²) in [7, 11) is 0. The van der Waals surface area contributed by atoms with Crippen LogP contribution < -0.4 is 10.2 Å². The van der Waals surface area contributed by atoms with E-state index < -0.39 is 0 Å². The minimum atomic E-state index is 0.676. The summed E-state index contributed by atoms with van der Waals surface area (Å²) in [5.41, 5.74) is 1.23. The number of nitrogens with zero attached hydrogens (tertiary/aromatic N) is 2. The minimum Gasteiger partial charge on any atom is -0.351 e. The zero-order valence-corrected chi connectivity index (χ0v) is 8.40. The van der Waals surface area contributed by atoms with E-state index in [-0.39, 0.29) is 0 Å². The van der Waals surface area contributed by atoms with Gasteiger partial charge in [0.25, 0.3) is 0 Å². The summed E-state index contributed by atoms with van der Waals surface area (Å²) >= 11 is 0. The zero-order chi connectivity index (χ0) is 9.54. The lowest BCUT2D eigenvalue weighted by molar-refractivity contribution is 0.576. The Kier molecular flexibility index (Phi) is 1.74. The van der Waals surface area contributed by atoms with Crippen LogP contribution in [-0.2, 0) is 0 Å². The van der Waals surface area contributed by atoms with Gasteiger partial charge in [0.15, 0.2) is 0 Å². The third kappa shape index (κ3) is 1.20. The number of hydrogen-bond donors (Lipinski definition) is 1. The lowest BCUT2D eigenvalue weighted by Gasteiger charge is -2.28. The van der Waals surface area contributed by atoms with Crippen LogP contribution >= 0.6 is 0 Å². The molecule has 0 spiro atoms. The Morgan fingerprint density at radius 1 is 1.50 bits per heavy atom. The quantitative estimate of drug-likeness (QED) is 0.712. The first-order valence-corrected chi connectivity index (χ1v) is 5.25. The number of hydrogen-bond acceptors (Lipinski definition) is 3. The molecule has 0 amide bonds. The number of nitrogens with one attached hydrogen (secondary N) is 1. The molecule has 1 aromatic rings. The lowest BCUT2D eigenvalue weighted by atomic mass is 10.2. The summed E-state index contributed by atoms with van der Waals surface area (Å²) in [6.45, 7) is 4.33. The molecule has 1 aromatic heterocycles. The van der Waals surface area contributed by atoms with Gasteiger partial charge in [-0.25, -0.2) is 4.98 Å². The molecule has 3 heterocycles. The summed E-state index contributed by atoms with van der Waals surface area (Å²) in [4.78, 5) is 6.91. The second kappa shape index (κ2) is 2.95. The van der Waals surface area contributed by atoms with Crippen molar-refractivity contribution >= 4 is 5.82 Å². The molecule has 0 saturated carbocycles. The van der Waals surface area contributed by atoms with Crippen LogP contribution in [0.25, 0.3) is 0 Å². The molecule has 14 heavy (non-hydrogen) atoms. The molecule has 2 aliphatic rings. The Hall–Kier alpha value is -1.09. The van der Waals surface area contributed by atoms with Crippen LogP contribution in [0.15, 0.2) is 18.3 Å². The van der Waals surface area contributed by atoms with Crippen LogP contribution in [0.5, 0.6) is 0 Å². The van der Waals surface area contributed by atoms with Crippen molar-refractivity contribution in [1.82, 2.24) is 10.3 Å². The molecule has 74 valence electrons. The predicted molar refractivity (Wildman–Crippen MR) is 56.5 cm³/mol. The topological polar surface area (TPSA) is 28.2 Å². The molecule has 2 saturated heterocycles. The summed E-state index contributed by atoms with van der Waals surface area (Å²) in [5.74, 6) is 1.14. The van der Waals surface area contributed by atoms with Crippen LogP contribution in [0.2, 0.25) is 0 Å². The normalized spacial score (nSPS) is 29.9. The molecule has 2 aliphatic heterocycles. The monoisotopic (exact) mass is 189 g/mol. The highest BCUT2D eigenvalue weighted by Gasteiger charge is 2.37.